The predicted molar refractivity (Wildman–Crippen MR) is 69.6 cm³/mol. The Bertz CT molecular complexity index is 512. The maximum absolute atomic E-state index is 11.0. The van der Waals surface area contributed by atoms with E-state index < -0.39 is 0 Å². The Hall–Kier alpha value is -0.750. The lowest BCUT2D eigenvalue weighted by Gasteiger charge is -2.05. The first-order valence-corrected chi connectivity index (χ1v) is 8.24. The highest BCUT2D eigenvalue weighted by Gasteiger charge is 2.08. The standard InChI is InChI=1S/C8H8IN4OP/c1-5(14)12-7-4-10-2-6-3-11-13(15-9)8(6)7/h2-4,15H,1H3,(H,12,14). The van der Waals surface area contributed by atoms with Crippen molar-refractivity contribution in [1.82, 2.24) is 14.5 Å². The molecule has 0 aliphatic rings. The second kappa shape index (κ2) is 4.40. The highest BCUT2D eigenvalue weighted by molar-refractivity contribution is 14.2. The van der Waals surface area contributed by atoms with Crippen molar-refractivity contribution in [2.75, 3.05) is 5.32 Å². The lowest BCUT2D eigenvalue weighted by atomic mass is 10.3. The number of anilines is 1. The number of carbonyl (C=O) groups excluding carboxylic acids is 1. The summed E-state index contributed by atoms with van der Waals surface area (Å²) in [7, 11) is 0. The van der Waals surface area contributed by atoms with Gasteiger partial charge in [-0.2, -0.15) is 5.10 Å². The summed E-state index contributed by atoms with van der Waals surface area (Å²) < 4.78 is 1.85. The third-order valence-corrected chi connectivity index (χ3v) is 3.73. The van der Waals surface area contributed by atoms with E-state index in [1.807, 2.05) is 4.45 Å². The summed E-state index contributed by atoms with van der Waals surface area (Å²) in [6, 6.07) is 0. The Morgan fingerprint density at radius 2 is 2.33 bits per heavy atom. The summed E-state index contributed by atoms with van der Waals surface area (Å²) in [4.78, 5) is 15.1. The number of pyridine rings is 1. The van der Waals surface area contributed by atoms with Gasteiger partial charge in [0.1, 0.15) is 0 Å². The minimum atomic E-state index is -0.103. The lowest BCUT2D eigenvalue weighted by Crippen LogP contribution is -2.07. The molecule has 2 aromatic rings. The molecule has 1 unspecified atom stereocenters. The number of aromatic nitrogens is 3. The van der Waals surface area contributed by atoms with E-state index in [1.54, 1.807) is 18.6 Å². The molecule has 2 heterocycles. The number of nitrogens with zero attached hydrogens (tertiary/aromatic N) is 3. The van der Waals surface area contributed by atoms with Crippen LogP contribution in [-0.4, -0.2) is 20.4 Å². The normalized spacial score (nSPS) is 11.3. The lowest BCUT2D eigenvalue weighted by molar-refractivity contribution is -0.114. The molecule has 1 amide bonds. The summed E-state index contributed by atoms with van der Waals surface area (Å²) in [5.41, 5.74) is 1.63. The molecule has 0 fully saturated rings. The van der Waals surface area contributed by atoms with Crippen molar-refractivity contribution in [3.63, 3.8) is 0 Å². The van der Waals surface area contributed by atoms with Gasteiger partial charge in [0.25, 0.3) is 0 Å². The molecule has 15 heavy (non-hydrogen) atoms. The minimum Gasteiger partial charge on any atom is -0.323 e. The Morgan fingerprint density at radius 3 is 3.00 bits per heavy atom. The topological polar surface area (TPSA) is 59.8 Å². The highest BCUT2D eigenvalue weighted by atomic mass is 127. The average Bonchev–Trinajstić information content (AvgIpc) is 2.61. The van der Waals surface area contributed by atoms with Crippen molar-refractivity contribution >= 4 is 50.9 Å². The molecule has 0 saturated heterocycles. The monoisotopic (exact) mass is 334 g/mol. The largest absolute Gasteiger partial charge is 0.323 e. The van der Waals surface area contributed by atoms with Crippen LogP contribution in [0.4, 0.5) is 5.69 Å². The molecule has 1 N–H and O–H groups in total. The van der Waals surface area contributed by atoms with Crippen LogP contribution in [-0.2, 0) is 4.79 Å². The van der Waals surface area contributed by atoms with Crippen LogP contribution < -0.4 is 5.32 Å². The molecule has 0 aliphatic carbocycles. The summed E-state index contributed by atoms with van der Waals surface area (Å²) in [5, 5.41) is 7.89. The van der Waals surface area contributed by atoms with Crippen LogP contribution in [0.5, 0.6) is 0 Å². The van der Waals surface area contributed by atoms with Crippen LogP contribution >= 0.6 is 28.4 Å². The molecular weight excluding hydrogens is 326 g/mol. The molecular formula is C8H8IN4OP. The van der Waals surface area contributed by atoms with Gasteiger partial charge in [0.05, 0.1) is 30.0 Å². The van der Waals surface area contributed by atoms with Crippen molar-refractivity contribution < 1.29 is 4.79 Å². The zero-order valence-corrected chi connectivity index (χ0v) is 11.0. The quantitative estimate of drug-likeness (QED) is 0.677. The van der Waals surface area contributed by atoms with E-state index in [0.717, 1.165) is 10.9 Å². The molecule has 0 aliphatic heterocycles. The van der Waals surface area contributed by atoms with Gasteiger partial charge in [-0.25, -0.2) is 4.45 Å². The molecule has 7 heteroatoms. The summed E-state index contributed by atoms with van der Waals surface area (Å²) in [5.74, 6) is -0.103. The van der Waals surface area contributed by atoms with E-state index in [9.17, 15) is 4.79 Å². The Labute approximate surface area is 101 Å². The van der Waals surface area contributed by atoms with Crippen molar-refractivity contribution in [2.45, 2.75) is 6.92 Å². The zero-order chi connectivity index (χ0) is 10.8. The number of hydrogen-bond acceptors (Lipinski definition) is 3. The average molecular weight is 334 g/mol. The van der Waals surface area contributed by atoms with Gasteiger partial charge < -0.3 is 5.32 Å². The van der Waals surface area contributed by atoms with Crippen molar-refractivity contribution in [3.8, 4) is 0 Å². The number of hydrogen-bond donors (Lipinski definition) is 1. The molecule has 0 saturated carbocycles. The number of carbonyl (C=O) groups is 1. The number of rotatable bonds is 2. The summed E-state index contributed by atoms with van der Waals surface area (Å²) in [6.07, 6.45) is 5.62. The van der Waals surface area contributed by atoms with E-state index in [4.69, 9.17) is 0 Å². The fourth-order valence-electron chi connectivity index (χ4n) is 1.32. The first-order valence-electron chi connectivity index (χ1n) is 4.18. The SMILES string of the molecule is CC(=O)Nc1cncc2cnn(PI)c12. The van der Waals surface area contributed by atoms with Crippen LogP contribution in [0.3, 0.4) is 0 Å². The van der Waals surface area contributed by atoms with Gasteiger partial charge >= 0.3 is 0 Å². The number of halogens is 1. The Kier molecular flexibility index (Phi) is 3.16. The Morgan fingerprint density at radius 1 is 1.53 bits per heavy atom. The number of amides is 1. The van der Waals surface area contributed by atoms with Gasteiger partial charge in [-0.15, -0.1) is 0 Å². The second-order valence-corrected chi connectivity index (χ2v) is 4.99. The van der Waals surface area contributed by atoms with Gasteiger partial charge in [-0.1, -0.05) is 0 Å². The third-order valence-electron chi connectivity index (χ3n) is 1.86. The van der Waals surface area contributed by atoms with Crippen LogP contribution in [0.2, 0.25) is 0 Å². The van der Waals surface area contributed by atoms with E-state index in [1.165, 1.54) is 6.92 Å². The predicted octanol–water partition coefficient (Wildman–Crippen LogP) is 2.18. The van der Waals surface area contributed by atoms with Crippen LogP contribution in [0.1, 0.15) is 6.92 Å². The Balaban J connectivity index is 2.61. The van der Waals surface area contributed by atoms with Crippen LogP contribution in [0, 0.1) is 0 Å². The van der Waals surface area contributed by atoms with E-state index in [0.29, 0.717) is 12.1 Å². The van der Waals surface area contributed by atoms with Crippen molar-refractivity contribution in [3.05, 3.63) is 18.6 Å². The van der Waals surface area contributed by atoms with E-state index in [2.05, 4.69) is 37.4 Å². The first kappa shape index (κ1) is 10.8. The van der Waals surface area contributed by atoms with Gasteiger partial charge in [-0.3, -0.25) is 9.78 Å². The minimum absolute atomic E-state index is 0.103. The number of fused-ring (bicyclic) bond motifs is 1. The molecule has 0 spiro atoms. The summed E-state index contributed by atoms with van der Waals surface area (Å²) in [6.45, 7) is 1.48. The molecule has 5 nitrogen and oxygen atoms in total. The van der Waals surface area contributed by atoms with Crippen LogP contribution in [0.25, 0.3) is 10.9 Å². The van der Waals surface area contributed by atoms with Gasteiger partial charge in [0.15, 0.2) is 0 Å². The highest BCUT2D eigenvalue weighted by Crippen LogP contribution is 2.31. The van der Waals surface area contributed by atoms with E-state index in [-0.39, 0.29) is 5.91 Å². The van der Waals surface area contributed by atoms with Crippen molar-refractivity contribution in [2.24, 2.45) is 0 Å². The van der Waals surface area contributed by atoms with Gasteiger partial charge in [0, 0.05) is 18.5 Å². The summed E-state index contributed by atoms with van der Waals surface area (Å²) >= 11 is 2.24. The molecule has 0 aromatic carbocycles. The van der Waals surface area contributed by atoms with Crippen molar-refractivity contribution in [1.29, 1.82) is 0 Å². The maximum atomic E-state index is 11.0. The second-order valence-electron chi connectivity index (χ2n) is 2.95. The maximum Gasteiger partial charge on any atom is 0.221 e. The molecule has 2 rings (SSSR count). The van der Waals surface area contributed by atoms with Gasteiger partial charge in [0.2, 0.25) is 5.91 Å². The third kappa shape index (κ3) is 2.10. The number of nitrogens with one attached hydrogen (secondary N) is 1. The molecule has 0 bridgehead atoms. The smallest absolute Gasteiger partial charge is 0.221 e. The van der Waals surface area contributed by atoms with Gasteiger partial charge in [-0.05, 0) is 22.0 Å². The first-order chi connectivity index (χ1) is 7.22. The zero-order valence-electron chi connectivity index (χ0n) is 7.86. The van der Waals surface area contributed by atoms with Crippen LogP contribution in [0.15, 0.2) is 18.6 Å². The fraction of sp³-hybridized carbons (Fsp3) is 0.125. The fourth-order valence-corrected chi connectivity index (χ4v) is 2.86. The molecule has 78 valence electrons. The molecule has 0 radical (unpaired) electrons. The van der Waals surface area contributed by atoms with E-state index >= 15 is 0 Å². The molecule has 2 aromatic heterocycles. The molecule has 1 atom stereocenters.